The van der Waals surface area contributed by atoms with Crippen LogP contribution in [0.15, 0.2) is 72.8 Å². The van der Waals surface area contributed by atoms with E-state index < -0.39 is 34.1 Å². The Labute approximate surface area is 301 Å². The van der Waals surface area contributed by atoms with E-state index in [0.29, 0.717) is 21.3 Å². The molecule has 262 valence electrons. The van der Waals surface area contributed by atoms with E-state index in [1.807, 2.05) is 63.2 Å². The van der Waals surface area contributed by atoms with E-state index in [2.05, 4.69) is 17.4 Å². The van der Waals surface area contributed by atoms with E-state index in [9.17, 15) is 18.0 Å². The molecule has 0 unspecified atom stereocenters. The molecule has 0 heterocycles. The molecule has 4 bridgehead atoms. The van der Waals surface area contributed by atoms with Crippen molar-refractivity contribution in [2.45, 2.75) is 89.3 Å². The van der Waals surface area contributed by atoms with Crippen molar-refractivity contribution >= 4 is 50.7 Å². The molecule has 0 spiro atoms. The summed E-state index contributed by atoms with van der Waals surface area (Å²) in [4.78, 5) is 30.0. The first-order valence-corrected chi connectivity index (χ1v) is 19.9. The summed E-state index contributed by atoms with van der Waals surface area (Å²) in [5.41, 5.74) is 2.74. The summed E-state index contributed by atoms with van der Waals surface area (Å²) in [7, 11) is -3.88. The van der Waals surface area contributed by atoms with Gasteiger partial charge in [-0.1, -0.05) is 71.7 Å². The molecule has 4 aliphatic rings. The van der Waals surface area contributed by atoms with Gasteiger partial charge in [-0.3, -0.25) is 13.9 Å². The van der Waals surface area contributed by atoms with Crippen LogP contribution in [-0.4, -0.2) is 49.5 Å². The fourth-order valence-corrected chi connectivity index (χ4v) is 10.2. The van der Waals surface area contributed by atoms with Gasteiger partial charge in [0.1, 0.15) is 12.6 Å². The molecule has 3 aromatic carbocycles. The Kier molecular flexibility index (Phi) is 10.2. The molecule has 0 aromatic heterocycles. The predicted octanol–water partition coefficient (Wildman–Crippen LogP) is 7.78. The SMILES string of the molecule is CC(C)(C)NC(=O)[C@@H](Cc1ccccc1)N(Cc1ccc(Cl)cc1Cl)C(=O)CN(c1ccc(C23CC4CC(CC(C4)C2)C3)cc1)S(C)(=O)=O. The Hall–Kier alpha value is -3.07. The summed E-state index contributed by atoms with van der Waals surface area (Å²) in [5.74, 6) is 1.49. The van der Waals surface area contributed by atoms with Gasteiger partial charge < -0.3 is 10.2 Å². The molecule has 0 radical (unpaired) electrons. The molecule has 1 atom stereocenters. The summed E-state index contributed by atoms with van der Waals surface area (Å²) >= 11 is 12.8. The van der Waals surface area contributed by atoms with Crippen LogP contribution in [0.3, 0.4) is 0 Å². The predicted molar refractivity (Wildman–Crippen MR) is 197 cm³/mol. The minimum absolute atomic E-state index is 0.0214. The van der Waals surface area contributed by atoms with Gasteiger partial charge >= 0.3 is 0 Å². The van der Waals surface area contributed by atoms with Crippen molar-refractivity contribution in [1.29, 1.82) is 0 Å². The third-order valence-electron chi connectivity index (χ3n) is 10.6. The molecule has 1 N–H and O–H groups in total. The van der Waals surface area contributed by atoms with E-state index >= 15 is 0 Å². The first-order valence-electron chi connectivity index (χ1n) is 17.3. The lowest BCUT2D eigenvalue weighted by atomic mass is 9.48. The number of benzene rings is 3. The Bertz CT molecular complexity index is 1760. The van der Waals surface area contributed by atoms with Crippen molar-refractivity contribution in [1.82, 2.24) is 10.2 Å². The van der Waals surface area contributed by atoms with E-state index in [1.165, 1.54) is 49.0 Å². The van der Waals surface area contributed by atoms with Crippen molar-refractivity contribution in [3.05, 3.63) is 99.5 Å². The molecule has 49 heavy (non-hydrogen) atoms. The number of anilines is 1. The van der Waals surface area contributed by atoms with E-state index in [-0.39, 0.29) is 24.3 Å². The largest absolute Gasteiger partial charge is 0.350 e. The highest BCUT2D eigenvalue weighted by molar-refractivity contribution is 7.92. The van der Waals surface area contributed by atoms with Gasteiger partial charge in [-0.2, -0.15) is 0 Å². The van der Waals surface area contributed by atoms with Crippen molar-refractivity contribution in [3.8, 4) is 0 Å². The monoisotopic (exact) mass is 723 g/mol. The minimum Gasteiger partial charge on any atom is -0.350 e. The lowest BCUT2D eigenvalue weighted by molar-refractivity contribution is -0.140. The van der Waals surface area contributed by atoms with Crippen LogP contribution in [0.25, 0.3) is 0 Å². The molecule has 3 aromatic rings. The van der Waals surface area contributed by atoms with Crippen LogP contribution < -0.4 is 9.62 Å². The summed E-state index contributed by atoms with van der Waals surface area (Å²) in [6.07, 6.45) is 8.98. The summed E-state index contributed by atoms with van der Waals surface area (Å²) < 4.78 is 27.9. The summed E-state index contributed by atoms with van der Waals surface area (Å²) in [6, 6.07) is 21.4. The number of carbonyl (C=O) groups excluding carboxylic acids is 2. The Morgan fingerprint density at radius 1 is 0.898 bits per heavy atom. The second-order valence-electron chi connectivity index (χ2n) is 15.7. The average Bonchev–Trinajstić information content (AvgIpc) is 3.01. The van der Waals surface area contributed by atoms with Crippen LogP contribution in [0, 0.1) is 17.8 Å². The lowest BCUT2D eigenvalue weighted by Crippen LogP contribution is -2.56. The number of hydrogen-bond acceptors (Lipinski definition) is 4. The third kappa shape index (κ3) is 8.29. The van der Waals surface area contributed by atoms with E-state index in [1.54, 1.807) is 18.2 Å². The fourth-order valence-electron chi connectivity index (χ4n) is 8.90. The number of nitrogens with zero attached hydrogens (tertiary/aromatic N) is 2. The molecule has 7 nitrogen and oxygen atoms in total. The molecule has 7 rings (SSSR count). The first-order chi connectivity index (χ1) is 23.1. The molecule has 2 amide bonds. The molecular weight excluding hydrogens is 677 g/mol. The third-order valence-corrected chi connectivity index (χ3v) is 12.3. The number of carbonyl (C=O) groups is 2. The summed E-state index contributed by atoms with van der Waals surface area (Å²) in [5, 5.41) is 3.83. The smallest absolute Gasteiger partial charge is 0.244 e. The average molecular weight is 725 g/mol. The molecule has 0 aliphatic heterocycles. The van der Waals surface area contributed by atoms with Crippen molar-refractivity contribution < 1.29 is 18.0 Å². The number of amides is 2. The maximum atomic E-state index is 14.5. The highest BCUT2D eigenvalue weighted by Crippen LogP contribution is 2.60. The number of halogens is 2. The Morgan fingerprint density at radius 3 is 2.02 bits per heavy atom. The van der Waals surface area contributed by atoms with Crippen LogP contribution in [0.1, 0.15) is 76.0 Å². The number of hydrogen-bond donors (Lipinski definition) is 1. The highest BCUT2D eigenvalue weighted by Gasteiger charge is 2.51. The molecular formula is C39H47Cl2N3O4S. The first kappa shape index (κ1) is 35.7. The van der Waals surface area contributed by atoms with E-state index in [0.717, 1.165) is 33.9 Å². The maximum absolute atomic E-state index is 14.5. The number of sulfonamides is 1. The molecule has 4 aliphatic carbocycles. The van der Waals surface area contributed by atoms with Crippen LogP contribution in [0.4, 0.5) is 5.69 Å². The van der Waals surface area contributed by atoms with Crippen LogP contribution in [0.5, 0.6) is 0 Å². The maximum Gasteiger partial charge on any atom is 0.244 e. The molecule has 0 saturated heterocycles. The van der Waals surface area contributed by atoms with Gasteiger partial charge in [0, 0.05) is 28.5 Å². The summed E-state index contributed by atoms with van der Waals surface area (Å²) in [6.45, 7) is 5.14. The van der Waals surface area contributed by atoms with Gasteiger partial charge in [0.2, 0.25) is 21.8 Å². The minimum atomic E-state index is -3.88. The zero-order valence-corrected chi connectivity index (χ0v) is 31.1. The van der Waals surface area contributed by atoms with Crippen molar-refractivity contribution in [2.75, 3.05) is 17.1 Å². The fraction of sp³-hybridized carbons (Fsp3) is 0.487. The standard InChI is InChI=1S/C39H47Cl2N3O4S/c1-38(2,3)42-37(46)35(19-26-8-6-5-7-9-26)43(24-30-10-13-32(40)20-34(30)41)36(45)25-44(49(4,47)48)33-14-11-31(12-15-33)39-21-27-16-28(22-39)18-29(17-27)23-39/h5-15,20,27-29,35H,16-19,21-25H2,1-4H3,(H,42,46)/t27?,28?,29?,35-,39?/m1/s1. The van der Waals surface area contributed by atoms with Gasteiger partial charge in [0.05, 0.1) is 11.9 Å². The van der Waals surface area contributed by atoms with E-state index in [4.69, 9.17) is 23.2 Å². The highest BCUT2D eigenvalue weighted by atomic mass is 35.5. The van der Waals surface area contributed by atoms with Crippen LogP contribution in [-0.2, 0) is 38.0 Å². The van der Waals surface area contributed by atoms with Gasteiger partial charge in [0.15, 0.2) is 0 Å². The molecule has 4 saturated carbocycles. The normalized spacial score (nSPS) is 23.6. The molecule has 4 fully saturated rings. The van der Waals surface area contributed by atoms with Crippen LogP contribution in [0.2, 0.25) is 10.0 Å². The Balaban J connectivity index is 1.33. The second-order valence-corrected chi connectivity index (χ2v) is 18.5. The van der Waals surface area contributed by atoms with Crippen LogP contribution >= 0.6 is 23.2 Å². The lowest BCUT2D eigenvalue weighted by Gasteiger charge is -2.57. The Morgan fingerprint density at radius 2 is 1.49 bits per heavy atom. The zero-order valence-electron chi connectivity index (χ0n) is 28.8. The molecule has 10 heteroatoms. The van der Waals surface area contributed by atoms with Gasteiger partial charge in [-0.05, 0) is 123 Å². The van der Waals surface area contributed by atoms with Gasteiger partial charge in [-0.15, -0.1) is 0 Å². The number of nitrogens with one attached hydrogen (secondary N) is 1. The van der Waals surface area contributed by atoms with Crippen molar-refractivity contribution in [2.24, 2.45) is 17.8 Å². The topological polar surface area (TPSA) is 86.8 Å². The van der Waals surface area contributed by atoms with Gasteiger partial charge in [0.25, 0.3) is 0 Å². The number of rotatable bonds is 11. The zero-order chi connectivity index (χ0) is 35.1. The van der Waals surface area contributed by atoms with Gasteiger partial charge in [-0.25, -0.2) is 8.42 Å². The quantitative estimate of drug-likeness (QED) is 0.219. The van der Waals surface area contributed by atoms with Crippen molar-refractivity contribution in [3.63, 3.8) is 0 Å². The second kappa shape index (κ2) is 13.9.